The van der Waals surface area contributed by atoms with Crippen LogP contribution in [0.25, 0.3) is 0 Å². The first-order valence-electron chi connectivity index (χ1n) is 4.29. The Balaban J connectivity index is 0.000000671. The van der Waals surface area contributed by atoms with Crippen LogP contribution in [-0.4, -0.2) is 65.8 Å². The maximum absolute atomic E-state index is 9.50. The Hall–Kier alpha value is -0.230. The molecule has 4 nitrogen and oxygen atoms in total. The van der Waals surface area contributed by atoms with Crippen LogP contribution < -0.4 is 0 Å². The molecule has 0 aromatic rings. The van der Waals surface area contributed by atoms with Crippen molar-refractivity contribution < 1.29 is 19.7 Å². The maximum Gasteiger partial charge on any atom is 0.0785 e. The Bertz CT molecular complexity index is 116. The monoisotopic (exact) mass is 195 g/mol. The second-order valence-electron chi connectivity index (χ2n) is 3.03. The Morgan fingerprint density at radius 1 is 1.23 bits per heavy atom. The van der Waals surface area contributed by atoms with E-state index in [1.54, 1.807) is 0 Å². The Kier molecular flexibility index (Phi) is 7.07. The fourth-order valence-electron chi connectivity index (χ4n) is 1.46. The van der Waals surface area contributed by atoms with E-state index in [0.29, 0.717) is 33.2 Å². The van der Waals surface area contributed by atoms with E-state index in [2.05, 4.69) is 0 Å². The lowest BCUT2D eigenvalue weighted by molar-refractivity contribution is -0.0125. The van der Waals surface area contributed by atoms with Gasteiger partial charge in [0, 0.05) is 26.1 Å². The van der Waals surface area contributed by atoms with E-state index in [9.17, 15) is 14.6 Å². The molecule has 80 valence electrons. The van der Waals surface area contributed by atoms with Crippen molar-refractivity contribution in [2.75, 3.05) is 33.4 Å². The molecule has 0 spiro atoms. The van der Waals surface area contributed by atoms with Crippen LogP contribution in [-0.2, 0) is 0 Å². The number of aliphatic hydroxyl groups is 3. The van der Waals surface area contributed by atoms with Crippen LogP contribution in [0.1, 0.15) is 6.42 Å². The Morgan fingerprint density at radius 2 is 1.69 bits per heavy atom. The number of piperidine rings is 1. The minimum atomic E-state index is -0.440. The van der Waals surface area contributed by atoms with Gasteiger partial charge >= 0.3 is 0 Å². The van der Waals surface area contributed by atoms with Crippen LogP contribution in [0.4, 0.5) is 4.39 Å². The number of rotatable bonds is 2. The standard InChI is InChI=1S/C7H15NO3.CH3F/c9-2-1-8-4-6(10)3-7(11)5-8;1-2/h6-7,9-11H,1-5H2;1H3. The van der Waals surface area contributed by atoms with Crippen molar-refractivity contribution in [1.29, 1.82) is 0 Å². The smallest absolute Gasteiger partial charge is 0.0785 e. The molecule has 0 aromatic carbocycles. The lowest BCUT2D eigenvalue weighted by Gasteiger charge is -2.32. The van der Waals surface area contributed by atoms with Crippen molar-refractivity contribution in [1.82, 2.24) is 4.90 Å². The van der Waals surface area contributed by atoms with E-state index in [1.807, 2.05) is 4.90 Å². The van der Waals surface area contributed by atoms with Crippen molar-refractivity contribution in [2.45, 2.75) is 18.6 Å². The molecule has 2 unspecified atom stereocenters. The van der Waals surface area contributed by atoms with E-state index in [1.165, 1.54) is 0 Å². The Labute approximate surface area is 77.6 Å². The van der Waals surface area contributed by atoms with E-state index >= 15 is 0 Å². The number of halogens is 1. The molecule has 0 aliphatic carbocycles. The number of β-amino-alcohol motifs (C(OH)–C–C–N with tert-alkyl or cyclic N) is 3. The number of aliphatic hydroxyl groups excluding tert-OH is 3. The van der Waals surface area contributed by atoms with Gasteiger partial charge in [-0.25, -0.2) is 0 Å². The van der Waals surface area contributed by atoms with Gasteiger partial charge in [-0.2, -0.15) is 0 Å². The van der Waals surface area contributed by atoms with E-state index in [0.717, 1.165) is 0 Å². The van der Waals surface area contributed by atoms with Crippen LogP contribution in [0.3, 0.4) is 0 Å². The summed E-state index contributed by atoms with van der Waals surface area (Å²) in [5.41, 5.74) is 0. The van der Waals surface area contributed by atoms with Gasteiger partial charge < -0.3 is 15.3 Å². The van der Waals surface area contributed by atoms with Gasteiger partial charge in [0.1, 0.15) is 0 Å². The van der Waals surface area contributed by atoms with Gasteiger partial charge in [-0.05, 0) is 0 Å². The maximum atomic E-state index is 9.50. The zero-order valence-corrected chi connectivity index (χ0v) is 7.86. The summed E-state index contributed by atoms with van der Waals surface area (Å²) in [5.74, 6) is 0. The molecule has 0 aromatic heterocycles. The summed E-state index contributed by atoms with van der Waals surface area (Å²) in [6.45, 7) is 1.75. The second kappa shape index (κ2) is 7.20. The zero-order valence-electron chi connectivity index (χ0n) is 7.86. The van der Waals surface area contributed by atoms with Gasteiger partial charge in [0.15, 0.2) is 0 Å². The average Bonchev–Trinajstić information content (AvgIpc) is 2.06. The quantitative estimate of drug-likeness (QED) is 0.528. The highest BCUT2D eigenvalue weighted by molar-refractivity contribution is 4.77. The largest absolute Gasteiger partial charge is 0.395 e. The van der Waals surface area contributed by atoms with Gasteiger partial charge in [0.05, 0.1) is 26.0 Å². The fourth-order valence-corrected chi connectivity index (χ4v) is 1.46. The van der Waals surface area contributed by atoms with Gasteiger partial charge in [-0.15, -0.1) is 0 Å². The van der Waals surface area contributed by atoms with Gasteiger partial charge in [0.2, 0.25) is 0 Å². The van der Waals surface area contributed by atoms with E-state index in [4.69, 9.17) is 5.11 Å². The summed E-state index contributed by atoms with van der Waals surface area (Å²) in [6.07, 6.45) is -0.419. The number of nitrogens with zero attached hydrogens (tertiary/aromatic N) is 1. The van der Waals surface area contributed by atoms with Crippen LogP contribution in [0.15, 0.2) is 0 Å². The van der Waals surface area contributed by atoms with Crippen molar-refractivity contribution in [3.8, 4) is 0 Å². The minimum Gasteiger partial charge on any atom is -0.395 e. The molecular weight excluding hydrogens is 177 g/mol. The number of alkyl halides is 1. The number of hydrogen-bond donors (Lipinski definition) is 3. The lowest BCUT2D eigenvalue weighted by Crippen LogP contribution is -2.46. The molecule has 1 saturated heterocycles. The molecule has 1 aliphatic heterocycles. The Morgan fingerprint density at radius 3 is 2.08 bits per heavy atom. The minimum absolute atomic E-state index is 0.0828. The normalized spacial score (nSPS) is 29.3. The molecule has 13 heavy (non-hydrogen) atoms. The third-order valence-corrected chi connectivity index (χ3v) is 1.90. The number of likely N-dealkylation sites (tertiary alicyclic amines) is 1. The highest BCUT2D eigenvalue weighted by Crippen LogP contribution is 2.09. The van der Waals surface area contributed by atoms with Crippen molar-refractivity contribution in [3.05, 3.63) is 0 Å². The first kappa shape index (κ1) is 12.8. The highest BCUT2D eigenvalue weighted by atomic mass is 19.1. The number of hydrogen-bond acceptors (Lipinski definition) is 4. The summed E-state index contributed by atoms with van der Waals surface area (Å²) < 4.78 is 9.50. The predicted molar refractivity (Wildman–Crippen MR) is 47.2 cm³/mol. The molecular formula is C8H18FNO3. The molecule has 1 rings (SSSR count). The van der Waals surface area contributed by atoms with E-state index < -0.39 is 12.2 Å². The molecule has 1 fully saturated rings. The zero-order chi connectivity index (χ0) is 10.3. The SMILES string of the molecule is CF.OCCN1CC(O)CC(O)C1. The van der Waals surface area contributed by atoms with Crippen LogP contribution in [0.2, 0.25) is 0 Å². The van der Waals surface area contributed by atoms with Crippen LogP contribution in [0.5, 0.6) is 0 Å². The first-order valence-corrected chi connectivity index (χ1v) is 4.29. The molecule has 5 heteroatoms. The molecule has 2 atom stereocenters. The molecule has 1 aliphatic rings. The summed E-state index contributed by atoms with van der Waals surface area (Å²) in [4.78, 5) is 1.86. The fraction of sp³-hybridized carbons (Fsp3) is 1.00. The van der Waals surface area contributed by atoms with Crippen molar-refractivity contribution in [2.24, 2.45) is 0 Å². The van der Waals surface area contributed by atoms with E-state index in [-0.39, 0.29) is 6.61 Å². The topological polar surface area (TPSA) is 63.9 Å². The summed E-state index contributed by atoms with van der Waals surface area (Å²) >= 11 is 0. The van der Waals surface area contributed by atoms with Crippen LogP contribution >= 0.6 is 0 Å². The summed E-state index contributed by atoms with van der Waals surface area (Å²) in [5, 5.41) is 27.0. The lowest BCUT2D eigenvalue weighted by atomic mass is 10.1. The molecule has 0 bridgehead atoms. The van der Waals surface area contributed by atoms with Crippen molar-refractivity contribution in [3.63, 3.8) is 0 Å². The van der Waals surface area contributed by atoms with Crippen molar-refractivity contribution >= 4 is 0 Å². The van der Waals surface area contributed by atoms with Gasteiger partial charge in [0.25, 0.3) is 0 Å². The predicted octanol–water partition coefficient (Wildman–Crippen LogP) is -1.01. The molecule has 3 N–H and O–H groups in total. The molecule has 1 heterocycles. The molecule has 0 saturated carbocycles. The summed E-state index contributed by atoms with van der Waals surface area (Å²) in [7, 11) is 0.500. The molecule has 0 radical (unpaired) electrons. The highest BCUT2D eigenvalue weighted by Gasteiger charge is 2.23. The summed E-state index contributed by atoms with van der Waals surface area (Å²) in [6, 6.07) is 0. The van der Waals surface area contributed by atoms with Gasteiger partial charge in [-0.3, -0.25) is 9.29 Å². The third-order valence-electron chi connectivity index (χ3n) is 1.90. The molecule has 0 amide bonds. The van der Waals surface area contributed by atoms with Gasteiger partial charge in [-0.1, -0.05) is 0 Å². The second-order valence-corrected chi connectivity index (χ2v) is 3.03. The average molecular weight is 195 g/mol. The third kappa shape index (κ3) is 5.15. The first-order chi connectivity index (χ1) is 6.22. The van der Waals surface area contributed by atoms with Crippen LogP contribution in [0, 0.1) is 0 Å².